The monoisotopic (exact) mass is 430 g/mol. The van der Waals surface area contributed by atoms with E-state index in [1.165, 1.54) is 18.2 Å². The number of hydrogen-bond donors (Lipinski definition) is 1. The van der Waals surface area contributed by atoms with E-state index >= 15 is 0 Å². The number of likely N-dealkylation sites (tertiary alicyclic amines) is 1. The van der Waals surface area contributed by atoms with Gasteiger partial charge in [-0.15, -0.1) is 0 Å². The highest BCUT2D eigenvalue weighted by Gasteiger charge is 2.28. The second-order valence-electron chi connectivity index (χ2n) is 7.40. The van der Waals surface area contributed by atoms with E-state index in [-0.39, 0.29) is 34.4 Å². The molecule has 7 nitrogen and oxygen atoms in total. The number of aromatic amines is 1. The van der Waals surface area contributed by atoms with Gasteiger partial charge in [0, 0.05) is 47.3 Å². The zero-order chi connectivity index (χ0) is 21.3. The first-order chi connectivity index (χ1) is 14.4. The fraction of sp³-hybridized carbons (Fsp3) is 0.333. The van der Waals surface area contributed by atoms with Crippen molar-refractivity contribution in [2.45, 2.75) is 32.1 Å². The number of carbonyl (C=O) groups is 1. The van der Waals surface area contributed by atoms with E-state index < -0.39 is 5.82 Å². The molecule has 1 aromatic carbocycles. The number of aryl methyl sites for hydroxylation is 1. The predicted molar refractivity (Wildman–Crippen MR) is 109 cm³/mol. The van der Waals surface area contributed by atoms with Gasteiger partial charge >= 0.3 is 0 Å². The van der Waals surface area contributed by atoms with Crippen LogP contribution in [-0.4, -0.2) is 39.3 Å². The van der Waals surface area contributed by atoms with Gasteiger partial charge in [0.25, 0.3) is 5.56 Å². The molecule has 1 aliphatic heterocycles. The van der Waals surface area contributed by atoms with Crippen LogP contribution in [0.3, 0.4) is 0 Å². The summed E-state index contributed by atoms with van der Waals surface area (Å²) in [6.07, 6.45) is 1.25. The maximum Gasteiger partial charge on any atom is 0.264 e. The van der Waals surface area contributed by atoms with Gasteiger partial charge in [-0.3, -0.25) is 9.59 Å². The molecule has 0 spiro atoms. The standard InChI is InChI=1S/C21H20ClFN4O3/c1-12-9-18(30-26-12)15-10-19(28)24-25-21(15)13-5-7-27(8-6-13)20(29)11-14-16(22)3-2-4-17(14)23/h2-4,9-10,13H,5-8,11H2,1H3,(H,24,28). The second kappa shape index (κ2) is 8.39. The molecule has 0 unspecified atom stereocenters. The Morgan fingerprint density at radius 1 is 1.33 bits per heavy atom. The van der Waals surface area contributed by atoms with Crippen LogP contribution in [0.2, 0.25) is 5.02 Å². The van der Waals surface area contributed by atoms with Crippen LogP contribution in [0.5, 0.6) is 0 Å². The third-order valence-corrected chi connectivity index (χ3v) is 5.71. The molecule has 4 rings (SSSR count). The number of carbonyl (C=O) groups excluding carboxylic acids is 1. The van der Waals surface area contributed by atoms with Gasteiger partial charge in [-0.1, -0.05) is 22.8 Å². The largest absolute Gasteiger partial charge is 0.356 e. The highest BCUT2D eigenvalue weighted by Crippen LogP contribution is 2.33. The minimum Gasteiger partial charge on any atom is -0.356 e. The van der Waals surface area contributed by atoms with Crippen LogP contribution in [0.15, 0.2) is 39.6 Å². The van der Waals surface area contributed by atoms with E-state index in [4.69, 9.17) is 16.1 Å². The van der Waals surface area contributed by atoms with Crippen LogP contribution >= 0.6 is 11.6 Å². The van der Waals surface area contributed by atoms with E-state index in [1.807, 2.05) is 0 Å². The maximum atomic E-state index is 14.0. The number of nitrogens with zero attached hydrogens (tertiary/aromatic N) is 3. The summed E-state index contributed by atoms with van der Waals surface area (Å²) in [5, 5.41) is 10.9. The smallest absolute Gasteiger partial charge is 0.264 e. The fourth-order valence-corrected chi connectivity index (χ4v) is 4.01. The molecule has 1 amide bonds. The highest BCUT2D eigenvalue weighted by atomic mass is 35.5. The Bertz CT molecular complexity index is 1120. The second-order valence-corrected chi connectivity index (χ2v) is 7.80. The SMILES string of the molecule is Cc1cc(-c2cc(=O)[nH]nc2C2CCN(C(=O)Cc3c(F)cccc3Cl)CC2)on1. The van der Waals surface area contributed by atoms with Gasteiger partial charge in [0.15, 0.2) is 5.76 Å². The number of piperidine rings is 1. The van der Waals surface area contributed by atoms with E-state index in [0.29, 0.717) is 42.9 Å². The van der Waals surface area contributed by atoms with E-state index in [0.717, 1.165) is 5.69 Å². The summed E-state index contributed by atoms with van der Waals surface area (Å²) in [7, 11) is 0. The number of hydrogen-bond acceptors (Lipinski definition) is 5. The molecule has 1 aliphatic rings. The molecule has 1 fully saturated rings. The fourth-order valence-electron chi connectivity index (χ4n) is 3.78. The van der Waals surface area contributed by atoms with Crippen LogP contribution in [-0.2, 0) is 11.2 Å². The summed E-state index contributed by atoms with van der Waals surface area (Å²) in [5.41, 5.74) is 1.94. The van der Waals surface area contributed by atoms with Crippen molar-refractivity contribution in [3.8, 4) is 11.3 Å². The van der Waals surface area contributed by atoms with Crippen LogP contribution in [0.4, 0.5) is 4.39 Å². The van der Waals surface area contributed by atoms with Crippen molar-refractivity contribution in [2.24, 2.45) is 0 Å². The third kappa shape index (κ3) is 4.14. The van der Waals surface area contributed by atoms with Crippen LogP contribution < -0.4 is 5.56 Å². The maximum absolute atomic E-state index is 14.0. The average molecular weight is 431 g/mol. The summed E-state index contributed by atoms with van der Waals surface area (Å²) >= 11 is 6.04. The molecule has 3 heterocycles. The van der Waals surface area contributed by atoms with Crippen LogP contribution in [0.25, 0.3) is 11.3 Å². The van der Waals surface area contributed by atoms with Crippen molar-refractivity contribution in [1.82, 2.24) is 20.3 Å². The number of amides is 1. The van der Waals surface area contributed by atoms with Crippen molar-refractivity contribution >= 4 is 17.5 Å². The zero-order valence-corrected chi connectivity index (χ0v) is 17.1. The first-order valence-electron chi connectivity index (χ1n) is 9.66. The number of aromatic nitrogens is 3. The van der Waals surface area contributed by atoms with Crippen LogP contribution in [0, 0.1) is 12.7 Å². The normalized spacial score (nSPS) is 14.8. The van der Waals surface area contributed by atoms with E-state index in [2.05, 4.69) is 15.4 Å². The van der Waals surface area contributed by atoms with Crippen LogP contribution in [0.1, 0.15) is 35.7 Å². The Labute approximate surface area is 176 Å². The lowest BCUT2D eigenvalue weighted by Crippen LogP contribution is -2.39. The van der Waals surface area contributed by atoms with Gasteiger partial charge in [-0.2, -0.15) is 5.10 Å². The number of H-pyrrole nitrogens is 1. The summed E-state index contributed by atoms with van der Waals surface area (Å²) < 4.78 is 19.3. The molecular formula is C21H20ClFN4O3. The molecule has 0 bridgehead atoms. The summed E-state index contributed by atoms with van der Waals surface area (Å²) in [6, 6.07) is 7.61. The Kier molecular flexibility index (Phi) is 5.67. The first-order valence-corrected chi connectivity index (χ1v) is 10.0. The lowest BCUT2D eigenvalue weighted by Gasteiger charge is -2.32. The highest BCUT2D eigenvalue weighted by molar-refractivity contribution is 6.31. The minimum absolute atomic E-state index is 0.0448. The quantitative estimate of drug-likeness (QED) is 0.684. The van der Waals surface area contributed by atoms with E-state index in [1.54, 1.807) is 24.0 Å². The lowest BCUT2D eigenvalue weighted by molar-refractivity contribution is -0.131. The molecule has 30 heavy (non-hydrogen) atoms. The number of nitrogens with one attached hydrogen (secondary N) is 1. The van der Waals surface area contributed by atoms with Crippen molar-refractivity contribution in [3.63, 3.8) is 0 Å². The number of rotatable bonds is 4. The van der Waals surface area contributed by atoms with Crippen molar-refractivity contribution in [3.05, 3.63) is 68.5 Å². The number of halogens is 2. The Morgan fingerprint density at radius 3 is 2.77 bits per heavy atom. The molecule has 0 saturated carbocycles. The Balaban J connectivity index is 1.48. The molecular weight excluding hydrogens is 411 g/mol. The molecule has 0 aliphatic carbocycles. The number of benzene rings is 1. The van der Waals surface area contributed by atoms with Gasteiger partial charge in [0.05, 0.1) is 17.8 Å². The topological polar surface area (TPSA) is 92.1 Å². The van der Waals surface area contributed by atoms with Crippen molar-refractivity contribution in [2.75, 3.05) is 13.1 Å². The average Bonchev–Trinajstić information content (AvgIpc) is 3.17. The predicted octanol–water partition coefficient (Wildman–Crippen LogP) is 3.47. The zero-order valence-electron chi connectivity index (χ0n) is 16.3. The molecule has 0 atom stereocenters. The Hall–Kier alpha value is -3.00. The molecule has 1 N–H and O–H groups in total. The minimum atomic E-state index is -0.477. The van der Waals surface area contributed by atoms with Gasteiger partial charge in [0.1, 0.15) is 5.82 Å². The first kappa shape index (κ1) is 20.3. The summed E-state index contributed by atoms with van der Waals surface area (Å²) in [4.78, 5) is 26.2. The Morgan fingerprint density at radius 2 is 2.10 bits per heavy atom. The van der Waals surface area contributed by atoms with Crippen molar-refractivity contribution < 1.29 is 13.7 Å². The molecule has 0 radical (unpaired) electrons. The molecule has 156 valence electrons. The van der Waals surface area contributed by atoms with Gasteiger partial charge in [-0.05, 0) is 31.9 Å². The third-order valence-electron chi connectivity index (χ3n) is 5.36. The molecule has 2 aromatic heterocycles. The summed E-state index contributed by atoms with van der Waals surface area (Å²) in [6.45, 7) is 2.82. The van der Waals surface area contributed by atoms with E-state index in [9.17, 15) is 14.0 Å². The molecule has 9 heteroatoms. The van der Waals surface area contributed by atoms with Gasteiger partial charge < -0.3 is 9.42 Å². The summed E-state index contributed by atoms with van der Waals surface area (Å²) in [5.74, 6) is -0.103. The lowest BCUT2D eigenvalue weighted by atomic mass is 9.90. The molecule has 1 saturated heterocycles. The van der Waals surface area contributed by atoms with Crippen molar-refractivity contribution in [1.29, 1.82) is 0 Å². The van der Waals surface area contributed by atoms with Gasteiger partial charge in [-0.25, -0.2) is 9.49 Å². The van der Waals surface area contributed by atoms with Gasteiger partial charge in [0.2, 0.25) is 5.91 Å². The molecule has 3 aromatic rings.